The van der Waals surface area contributed by atoms with E-state index in [1.807, 2.05) is 6.07 Å². The molecule has 0 fully saturated rings. The second kappa shape index (κ2) is 8.48. The van der Waals surface area contributed by atoms with Gasteiger partial charge in [0.25, 0.3) is 0 Å². The standard InChI is InChI=1S/C14H19N3O4S/c1-21-9-8-17(22(2,19)20)7-6-14(18)16-13-5-3-4-12(10-13)11-15/h3-5,10H,6-9H2,1-2H3,(H,16,18). The minimum absolute atomic E-state index is 0.0214. The first-order chi connectivity index (χ1) is 10.4. The van der Waals surface area contributed by atoms with Crippen LogP contribution in [0.25, 0.3) is 0 Å². The van der Waals surface area contributed by atoms with Crippen molar-refractivity contribution in [2.75, 3.05) is 38.4 Å². The molecule has 0 heterocycles. The van der Waals surface area contributed by atoms with Crippen molar-refractivity contribution in [2.45, 2.75) is 6.42 Å². The van der Waals surface area contributed by atoms with Gasteiger partial charge in [-0.05, 0) is 18.2 Å². The first-order valence-electron chi connectivity index (χ1n) is 6.61. The molecule has 0 aromatic heterocycles. The number of methoxy groups -OCH3 is 1. The number of hydrogen-bond donors (Lipinski definition) is 1. The van der Waals surface area contributed by atoms with Gasteiger partial charge in [-0.3, -0.25) is 4.79 Å². The second-order valence-corrected chi connectivity index (χ2v) is 6.63. The van der Waals surface area contributed by atoms with Crippen molar-refractivity contribution in [1.29, 1.82) is 5.26 Å². The summed E-state index contributed by atoms with van der Waals surface area (Å²) in [5.74, 6) is -0.318. The molecule has 0 radical (unpaired) electrons. The van der Waals surface area contributed by atoms with E-state index in [0.717, 1.165) is 6.26 Å². The highest BCUT2D eigenvalue weighted by Gasteiger charge is 2.17. The molecule has 1 aromatic rings. The Bertz CT molecular complexity index is 652. The number of amides is 1. The highest BCUT2D eigenvalue weighted by atomic mass is 32.2. The topological polar surface area (TPSA) is 99.5 Å². The van der Waals surface area contributed by atoms with Gasteiger partial charge >= 0.3 is 0 Å². The number of rotatable bonds is 8. The summed E-state index contributed by atoms with van der Waals surface area (Å²) in [5, 5.41) is 11.4. The predicted molar refractivity (Wildman–Crippen MR) is 82.7 cm³/mol. The molecule has 0 aliphatic carbocycles. The van der Waals surface area contributed by atoms with E-state index >= 15 is 0 Å². The van der Waals surface area contributed by atoms with Crippen LogP contribution in [0.3, 0.4) is 0 Å². The van der Waals surface area contributed by atoms with Gasteiger partial charge in [0.05, 0.1) is 24.5 Å². The van der Waals surface area contributed by atoms with Gasteiger partial charge in [0.15, 0.2) is 0 Å². The largest absolute Gasteiger partial charge is 0.383 e. The van der Waals surface area contributed by atoms with Crippen LogP contribution in [0.4, 0.5) is 5.69 Å². The third-order valence-corrected chi connectivity index (χ3v) is 4.18. The molecule has 1 rings (SSSR count). The summed E-state index contributed by atoms with van der Waals surface area (Å²) in [6, 6.07) is 8.49. The summed E-state index contributed by atoms with van der Waals surface area (Å²) in [4.78, 5) is 11.9. The zero-order valence-corrected chi connectivity index (χ0v) is 13.4. The molecule has 1 N–H and O–H groups in total. The van der Waals surface area contributed by atoms with Crippen LogP contribution in [0, 0.1) is 11.3 Å². The van der Waals surface area contributed by atoms with Gasteiger partial charge in [0, 0.05) is 32.3 Å². The van der Waals surface area contributed by atoms with Crippen LogP contribution in [0.15, 0.2) is 24.3 Å². The van der Waals surface area contributed by atoms with Crippen molar-refractivity contribution in [2.24, 2.45) is 0 Å². The van der Waals surface area contributed by atoms with E-state index in [1.165, 1.54) is 11.4 Å². The van der Waals surface area contributed by atoms with Crippen LogP contribution in [0.2, 0.25) is 0 Å². The van der Waals surface area contributed by atoms with Crippen molar-refractivity contribution < 1.29 is 17.9 Å². The van der Waals surface area contributed by atoms with E-state index in [2.05, 4.69) is 5.32 Å². The molecule has 0 bridgehead atoms. The monoisotopic (exact) mass is 325 g/mol. The zero-order valence-electron chi connectivity index (χ0n) is 12.6. The van der Waals surface area contributed by atoms with Gasteiger partial charge in [0.2, 0.25) is 15.9 Å². The zero-order chi connectivity index (χ0) is 16.6. The number of nitrogens with one attached hydrogen (secondary N) is 1. The van der Waals surface area contributed by atoms with Crippen LogP contribution >= 0.6 is 0 Å². The van der Waals surface area contributed by atoms with Crippen LogP contribution < -0.4 is 5.32 Å². The molecule has 7 nitrogen and oxygen atoms in total. The Morgan fingerprint density at radius 3 is 2.73 bits per heavy atom. The quantitative estimate of drug-likeness (QED) is 0.762. The summed E-state index contributed by atoms with van der Waals surface area (Å²) in [6.07, 6.45) is 1.12. The third kappa shape index (κ3) is 6.22. The molecule has 8 heteroatoms. The van der Waals surface area contributed by atoms with E-state index in [4.69, 9.17) is 10.00 Å². The van der Waals surface area contributed by atoms with Crippen molar-refractivity contribution in [3.63, 3.8) is 0 Å². The number of anilines is 1. The van der Waals surface area contributed by atoms with Gasteiger partial charge in [-0.2, -0.15) is 9.57 Å². The number of sulfonamides is 1. The fraction of sp³-hybridized carbons (Fsp3) is 0.429. The van der Waals surface area contributed by atoms with Crippen LogP contribution in [0.5, 0.6) is 0 Å². The molecule has 120 valence electrons. The molecule has 0 aliphatic rings. The molecule has 0 unspecified atom stereocenters. The molecule has 1 aromatic carbocycles. The molecular formula is C14H19N3O4S. The number of ether oxygens (including phenoxy) is 1. The molecule has 0 saturated carbocycles. The van der Waals surface area contributed by atoms with E-state index in [-0.39, 0.29) is 32.0 Å². The number of nitriles is 1. The van der Waals surface area contributed by atoms with Gasteiger partial charge in [-0.1, -0.05) is 6.07 Å². The Hall–Kier alpha value is -1.95. The molecular weight excluding hydrogens is 306 g/mol. The maximum absolute atomic E-state index is 11.9. The van der Waals surface area contributed by atoms with E-state index in [0.29, 0.717) is 11.3 Å². The van der Waals surface area contributed by atoms with Crippen LogP contribution in [0.1, 0.15) is 12.0 Å². The average Bonchev–Trinajstić information content (AvgIpc) is 2.46. The van der Waals surface area contributed by atoms with Crippen molar-refractivity contribution in [1.82, 2.24) is 4.31 Å². The van der Waals surface area contributed by atoms with Gasteiger partial charge in [0.1, 0.15) is 0 Å². The summed E-state index contributed by atoms with van der Waals surface area (Å²) >= 11 is 0. The Labute approximate surface area is 130 Å². The Morgan fingerprint density at radius 1 is 1.41 bits per heavy atom. The molecule has 22 heavy (non-hydrogen) atoms. The number of carbonyl (C=O) groups is 1. The minimum Gasteiger partial charge on any atom is -0.383 e. The van der Waals surface area contributed by atoms with Crippen molar-refractivity contribution in [3.8, 4) is 6.07 Å². The fourth-order valence-electron chi connectivity index (χ4n) is 1.75. The normalized spacial score (nSPS) is 11.2. The van der Waals surface area contributed by atoms with Crippen LogP contribution in [-0.4, -0.2) is 51.7 Å². The fourth-order valence-corrected chi connectivity index (χ4v) is 2.58. The Kier molecular flexibility index (Phi) is 6.98. The maximum atomic E-state index is 11.9. The number of hydrogen-bond acceptors (Lipinski definition) is 5. The molecule has 1 amide bonds. The molecule has 0 aliphatic heterocycles. The lowest BCUT2D eigenvalue weighted by Gasteiger charge is -2.19. The van der Waals surface area contributed by atoms with Crippen molar-refractivity contribution in [3.05, 3.63) is 29.8 Å². The molecule has 0 saturated heterocycles. The highest BCUT2D eigenvalue weighted by Crippen LogP contribution is 2.10. The number of nitrogens with zero attached hydrogens (tertiary/aromatic N) is 2. The van der Waals surface area contributed by atoms with Gasteiger partial charge in [-0.25, -0.2) is 8.42 Å². The Morgan fingerprint density at radius 2 is 2.14 bits per heavy atom. The van der Waals surface area contributed by atoms with Crippen molar-refractivity contribution >= 4 is 21.6 Å². The van der Waals surface area contributed by atoms with E-state index in [9.17, 15) is 13.2 Å². The lowest BCUT2D eigenvalue weighted by Crippen LogP contribution is -2.35. The first-order valence-corrected chi connectivity index (χ1v) is 8.45. The van der Waals surface area contributed by atoms with Gasteiger partial charge in [-0.15, -0.1) is 0 Å². The second-order valence-electron chi connectivity index (χ2n) is 4.65. The number of benzene rings is 1. The lowest BCUT2D eigenvalue weighted by atomic mass is 10.2. The molecule has 0 spiro atoms. The van der Waals surface area contributed by atoms with E-state index in [1.54, 1.807) is 24.3 Å². The number of carbonyl (C=O) groups excluding carboxylic acids is 1. The highest BCUT2D eigenvalue weighted by molar-refractivity contribution is 7.88. The van der Waals surface area contributed by atoms with Gasteiger partial charge < -0.3 is 10.1 Å². The molecule has 0 atom stereocenters. The predicted octanol–water partition coefficient (Wildman–Crippen LogP) is 0.795. The summed E-state index contributed by atoms with van der Waals surface area (Å²) in [7, 11) is -1.90. The third-order valence-electron chi connectivity index (χ3n) is 2.88. The first kappa shape index (κ1) is 18.1. The summed E-state index contributed by atoms with van der Waals surface area (Å²) in [6.45, 7) is 0.539. The van der Waals surface area contributed by atoms with Crippen LogP contribution in [-0.2, 0) is 19.6 Å². The average molecular weight is 325 g/mol. The lowest BCUT2D eigenvalue weighted by molar-refractivity contribution is -0.116. The Balaban J connectivity index is 2.58. The summed E-state index contributed by atoms with van der Waals surface area (Å²) < 4.78 is 29.2. The minimum atomic E-state index is -3.39. The smallest absolute Gasteiger partial charge is 0.225 e. The SMILES string of the molecule is COCCN(CCC(=O)Nc1cccc(C#N)c1)S(C)(=O)=O. The summed E-state index contributed by atoms with van der Waals surface area (Å²) in [5.41, 5.74) is 0.947. The van der Waals surface area contributed by atoms with E-state index < -0.39 is 10.0 Å². The maximum Gasteiger partial charge on any atom is 0.225 e.